The van der Waals surface area contributed by atoms with Crippen molar-refractivity contribution in [3.63, 3.8) is 0 Å². The molecule has 1 aliphatic rings. The molecule has 0 radical (unpaired) electrons. The second kappa shape index (κ2) is 4.72. The quantitative estimate of drug-likeness (QED) is 0.847. The van der Waals surface area contributed by atoms with Gasteiger partial charge in [-0.3, -0.25) is 0 Å². The molecule has 1 aromatic rings. The average molecular weight is 283 g/mol. The van der Waals surface area contributed by atoms with Crippen molar-refractivity contribution in [1.29, 1.82) is 0 Å². The van der Waals surface area contributed by atoms with Crippen LogP contribution in [0.5, 0.6) is 5.75 Å². The third-order valence-corrected chi connectivity index (χ3v) is 3.21. The van der Waals surface area contributed by atoms with E-state index in [1.807, 2.05) is 13.8 Å². The van der Waals surface area contributed by atoms with Crippen molar-refractivity contribution in [3.05, 3.63) is 28.8 Å². The minimum absolute atomic E-state index is 0.0755. The number of aliphatic imine (C=N–C) groups is 1. The largest absolute Gasteiger partial charge is 0.496 e. The molecule has 2 rings (SSSR count). The number of hydrogen-bond donors (Lipinski definition) is 0. The standard InChI is InChI=1S/C15H19F2NO2/c1-9-6-10(15(4,16)17)7-11(19-5)12(9)13-18-14(2,3)8-20-13/h6-7H,8H2,1-5H3. The van der Waals surface area contributed by atoms with Crippen LogP contribution in [0.3, 0.4) is 0 Å². The highest BCUT2D eigenvalue weighted by Gasteiger charge is 2.32. The molecular weight excluding hydrogens is 264 g/mol. The minimum atomic E-state index is -2.91. The lowest BCUT2D eigenvalue weighted by atomic mass is 10.00. The molecule has 0 bridgehead atoms. The summed E-state index contributed by atoms with van der Waals surface area (Å²) in [5.41, 5.74) is 0.928. The van der Waals surface area contributed by atoms with Gasteiger partial charge < -0.3 is 9.47 Å². The normalized spacial score (nSPS) is 17.6. The van der Waals surface area contributed by atoms with Crippen LogP contribution in [0.25, 0.3) is 0 Å². The van der Waals surface area contributed by atoms with Gasteiger partial charge in [-0.15, -0.1) is 0 Å². The lowest BCUT2D eigenvalue weighted by Crippen LogP contribution is -2.17. The van der Waals surface area contributed by atoms with Gasteiger partial charge in [-0.1, -0.05) is 0 Å². The summed E-state index contributed by atoms with van der Waals surface area (Å²) in [4.78, 5) is 4.48. The summed E-state index contributed by atoms with van der Waals surface area (Å²) in [5, 5.41) is 0. The molecule has 0 aliphatic carbocycles. The summed E-state index contributed by atoms with van der Waals surface area (Å²) in [5.74, 6) is -2.10. The second-order valence-corrected chi connectivity index (χ2v) is 5.78. The smallest absolute Gasteiger partial charge is 0.270 e. The summed E-state index contributed by atoms with van der Waals surface area (Å²) >= 11 is 0. The van der Waals surface area contributed by atoms with E-state index in [4.69, 9.17) is 9.47 Å². The van der Waals surface area contributed by atoms with Crippen LogP contribution >= 0.6 is 0 Å². The van der Waals surface area contributed by atoms with Gasteiger partial charge in [0.1, 0.15) is 12.4 Å². The Morgan fingerprint density at radius 2 is 2.00 bits per heavy atom. The summed E-state index contributed by atoms with van der Waals surface area (Å²) in [6.45, 7) is 7.00. The number of benzene rings is 1. The maximum absolute atomic E-state index is 13.5. The predicted octanol–water partition coefficient (Wildman–Crippen LogP) is 3.67. The molecule has 0 saturated carbocycles. The first-order chi connectivity index (χ1) is 9.14. The van der Waals surface area contributed by atoms with Gasteiger partial charge in [-0.25, -0.2) is 13.8 Å². The molecule has 0 N–H and O–H groups in total. The molecule has 0 fully saturated rings. The Morgan fingerprint density at radius 1 is 1.35 bits per heavy atom. The van der Waals surface area contributed by atoms with E-state index in [2.05, 4.69) is 4.99 Å². The van der Waals surface area contributed by atoms with E-state index in [0.717, 1.165) is 6.92 Å². The van der Waals surface area contributed by atoms with Crippen LogP contribution in [0.1, 0.15) is 37.5 Å². The molecule has 0 atom stereocenters. The SMILES string of the molecule is COc1cc(C(C)(F)F)cc(C)c1C1=NC(C)(C)CO1. The highest BCUT2D eigenvalue weighted by atomic mass is 19.3. The van der Waals surface area contributed by atoms with Crippen molar-refractivity contribution in [1.82, 2.24) is 0 Å². The molecule has 20 heavy (non-hydrogen) atoms. The van der Waals surface area contributed by atoms with Crippen molar-refractivity contribution in [3.8, 4) is 5.75 Å². The predicted molar refractivity (Wildman–Crippen MR) is 73.9 cm³/mol. The number of methoxy groups -OCH3 is 1. The molecule has 0 amide bonds. The molecule has 110 valence electrons. The van der Waals surface area contributed by atoms with E-state index in [9.17, 15) is 8.78 Å². The van der Waals surface area contributed by atoms with Gasteiger partial charge in [0.25, 0.3) is 5.92 Å². The molecule has 1 aromatic carbocycles. The van der Waals surface area contributed by atoms with Crippen molar-refractivity contribution < 1.29 is 18.3 Å². The van der Waals surface area contributed by atoms with Crippen LogP contribution in [0.2, 0.25) is 0 Å². The third kappa shape index (κ3) is 2.76. The lowest BCUT2D eigenvalue weighted by molar-refractivity contribution is 0.0172. The number of halogens is 2. The summed E-state index contributed by atoms with van der Waals surface area (Å²) < 4.78 is 37.8. The van der Waals surface area contributed by atoms with Crippen LogP contribution in [0.15, 0.2) is 17.1 Å². The first kappa shape index (κ1) is 14.8. The van der Waals surface area contributed by atoms with Gasteiger partial charge in [0.05, 0.1) is 18.2 Å². The second-order valence-electron chi connectivity index (χ2n) is 5.78. The van der Waals surface area contributed by atoms with E-state index in [0.29, 0.717) is 29.4 Å². The fourth-order valence-corrected chi connectivity index (χ4v) is 2.16. The number of rotatable bonds is 3. The Balaban J connectivity index is 2.55. The van der Waals surface area contributed by atoms with Gasteiger partial charge in [0.15, 0.2) is 0 Å². The fourth-order valence-electron chi connectivity index (χ4n) is 2.16. The van der Waals surface area contributed by atoms with Gasteiger partial charge >= 0.3 is 0 Å². The van der Waals surface area contributed by atoms with Crippen LogP contribution in [-0.2, 0) is 10.7 Å². The lowest BCUT2D eigenvalue weighted by Gasteiger charge is -2.17. The zero-order valence-electron chi connectivity index (χ0n) is 12.4. The van der Waals surface area contributed by atoms with E-state index >= 15 is 0 Å². The number of hydrogen-bond acceptors (Lipinski definition) is 3. The summed E-state index contributed by atoms with van der Waals surface area (Å²) in [6.07, 6.45) is 0. The molecule has 5 heteroatoms. The van der Waals surface area contributed by atoms with Crippen LogP contribution in [0, 0.1) is 6.92 Å². The molecular formula is C15H19F2NO2. The Morgan fingerprint density at radius 3 is 2.45 bits per heavy atom. The Labute approximate surface area is 117 Å². The molecule has 0 saturated heterocycles. The first-order valence-electron chi connectivity index (χ1n) is 6.44. The van der Waals surface area contributed by atoms with Crippen molar-refractivity contribution in [2.45, 2.75) is 39.2 Å². The topological polar surface area (TPSA) is 30.8 Å². The van der Waals surface area contributed by atoms with Crippen LogP contribution in [-0.4, -0.2) is 25.2 Å². The molecule has 3 nitrogen and oxygen atoms in total. The van der Waals surface area contributed by atoms with Crippen LogP contribution in [0.4, 0.5) is 8.78 Å². The maximum atomic E-state index is 13.5. The number of aryl methyl sites for hydroxylation is 1. The number of alkyl halides is 2. The van der Waals surface area contributed by atoms with E-state index in [-0.39, 0.29) is 11.1 Å². The van der Waals surface area contributed by atoms with E-state index < -0.39 is 5.92 Å². The van der Waals surface area contributed by atoms with Gasteiger partial charge in [0, 0.05) is 12.5 Å². The summed E-state index contributed by atoms with van der Waals surface area (Å²) in [6, 6.07) is 2.80. The Bertz CT molecular complexity index is 560. The third-order valence-electron chi connectivity index (χ3n) is 3.21. The van der Waals surface area contributed by atoms with Crippen molar-refractivity contribution >= 4 is 5.90 Å². The summed E-state index contributed by atoms with van der Waals surface area (Å²) in [7, 11) is 1.45. The number of ether oxygens (including phenoxy) is 2. The van der Waals surface area contributed by atoms with E-state index in [1.54, 1.807) is 6.92 Å². The average Bonchev–Trinajstić information content (AvgIpc) is 2.66. The highest BCUT2D eigenvalue weighted by Crippen LogP contribution is 2.35. The first-order valence-corrected chi connectivity index (χ1v) is 6.44. The zero-order chi connectivity index (χ0) is 15.1. The molecule has 0 spiro atoms. The molecule has 1 heterocycles. The Kier molecular flexibility index (Phi) is 3.48. The van der Waals surface area contributed by atoms with Gasteiger partial charge in [-0.2, -0.15) is 0 Å². The van der Waals surface area contributed by atoms with Gasteiger partial charge in [-0.05, 0) is 38.5 Å². The minimum Gasteiger partial charge on any atom is -0.496 e. The Hall–Kier alpha value is -1.65. The molecule has 0 unspecified atom stereocenters. The number of nitrogens with zero attached hydrogens (tertiary/aromatic N) is 1. The van der Waals surface area contributed by atoms with E-state index in [1.165, 1.54) is 19.2 Å². The van der Waals surface area contributed by atoms with Crippen molar-refractivity contribution in [2.75, 3.05) is 13.7 Å². The zero-order valence-corrected chi connectivity index (χ0v) is 12.4. The maximum Gasteiger partial charge on any atom is 0.270 e. The van der Waals surface area contributed by atoms with Gasteiger partial charge in [0.2, 0.25) is 5.90 Å². The molecule has 1 aliphatic heterocycles. The fraction of sp³-hybridized carbons (Fsp3) is 0.533. The van der Waals surface area contributed by atoms with Crippen LogP contribution < -0.4 is 4.74 Å². The van der Waals surface area contributed by atoms with Crippen molar-refractivity contribution in [2.24, 2.45) is 4.99 Å². The highest BCUT2D eigenvalue weighted by molar-refractivity contribution is 5.99. The molecule has 0 aromatic heterocycles. The monoisotopic (exact) mass is 283 g/mol.